The number of esters is 4. The van der Waals surface area contributed by atoms with Gasteiger partial charge in [0.2, 0.25) is 0 Å². The van der Waals surface area contributed by atoms with E-state index >= 15 is 0 Å². The van der Waals surface area contributed by atoms with Crippen LogP contribution < -0.4 is 0 Å². The maximum Gasteiger partial charge on any atom is 0.331 e. The Morgan fingerprint density at radius 1 is 0.831 bits per heavy atom. The zero-order chi connectivity index (χ0) is 42.9. The number of hydrogen-bond acceptors (Lipinski definition) is 15. The van der Waals surface area contributed by atoms with Crippen LogP contribution in [0.1, 0.15) is 124 Å². The van der Waals surface area contributed by atoms with Crippen LogP contribution >= 0.6 is 0 Å². The van der Waals surface area contributed by atoms with Gasteiger partial charge in [0.1, 0.15) is 36.8 Å². The molecule has 0 aliphatic carbocycles. The predicted octanol–water partition coefficient (Wildman–Crippen LogP) is 5.29. The molecule has 330 valence electrons. The third-order valence-corrected chi connectivity index (χ3v) is 10.9. The van der Waals surface area contributed by atoms with Gasteiger partial charge < -0.3 is 48.1 Å². The van der Waals surface area contributed by atoms with Crippen LogP contribution in [-0.2, 0) is 61.9 Å². The Morgan fingerprint density at radius 2 is 1.58 bits per heavy atom. The Labute approximate surface area is 347 Å². The molecule has 15 heteroatoms. The number of ketones is 1. The summed E-state index contributed by atoms with van der Waals surface area (Å²) in [6.45, 7) is 7.78. The average molecular weight is 833 g/mol. The van der Waals surface area contributed by atoms with Crippen LogP contribution in [0.3, 0.4) is 0 Å². The molecule has 0 saturated carbocycles. The first-order chi connectivity index (χ1) is 28.3. The molecule has 59 heavy (non-hydrogen) atoms. The third kappa shape index (κ3) is 15.0. The minimum atomic E-state index is -1.85. The number of Topliss-reactive ketones (excluding diaryl/α,β-unsaturated/α-hetero) is 1. The van der Waals surface area contributed by atoms with Crippen molar-refractivity contribution in [2.75, 3.05) is 6.61 Å². The summed E-state index contributed by atoms with van der Waals surface area (Å²) in [5, 5.41) is 23.8. The van der Waals surface area contributed by atoms with Gasteiger partial charge in [-0.1, -0.05) is 89.6 Å². The number of rotatable bonds is 11. The summed E-state index contributed by atoms with van der Waals surface area (Å²) in [4.78, 5) is 64.6. The molecule has 3 aliphatic rings. The van der Waals surface area contributed by atoms with E-state index in [0.717, 1.165) is 44.6 Å². The van der Waals surface area contributed by atoms with Crippen LogP contribution in [0.25, 0.3) is 6.08 Å². The predicted molar refractivity (Wildman–Crippen MR) is 212 cm³/mol. The van der Waals surface area contributed by atoms with E-state index in [9.17, 15) is 34.2 Å². The highest BCUT2D eigenvalue weighted by Crippen LogP contribution is 2.34. The van der Waals surface area contributed by atoms with Gasteiger partial charge in [-0.25, -0.2) is 4.79 Å². The van der Waals surface area contributed by atoms with E-state index in [0.29, 0.717) is 37.7 Å². The van der Waals surface area contributed by atoms with Crippen molar-refractivity contribution in [2.24, 2.45) is 5.92 Å². The van der Waals surface area contributed by atoms with Crippen LogP contribution in [-0.4, -0.2) is 114 Å². The molecule has 0 spiro atoms. The van der Waals surface area contributed by atoms with Gasteiger partial charge in [-0.3, -0.25) is 19.2 Å². The molecule has 1 aromatic carbocycles. The van der Waals surface area contributed by atoms with Gasteiger partial charge in [-0.05, 0) is 44.2 Å². The number of ether oxygens (including phenoxy) is 8. The normalized spacial score (nSPS) is 32.2. The van der Waals surface area contributed by atoms with E-state index in [2.05, 4.69) is 6.92 Å². The molecule has 3 saturated heterocycles. The fourth-order valence-electron chi connectivity index (χ4n) is 7.25. The monoisotopic (exact) mass is 832 g/mol. The van der Waals surface area contributed by atoms with E-state index < -0.39 is 97.8 Å². The second-order valence-corrected chi connectivity index (χ2v) is 15.7. The van der Waals surface area contributed by atoms with E-state index in [1.165, 1.54) is 13.0 Å². The zero-order valence-electron chi connectivity index (χ0n) is 35.1. The smallest absolute Gasteiger partial charge is 0.331 e. The highest BCUT2D eigenvalue weighted by Gasteiger charge is 2.55. The van der Waals surface area contributed by atoms with Crippen molar-refractivity contribution in [1.29, 1.82) is 0 Å². The number of unbranched alkanes of at least 4 members (excludes halogenated alkanes) is 2. The molecule has 3 aliphatic heterocycles. The molecule has 2 N–H and O–H groups in total. The first-order valence-electron chi connectivity index (χ1n) is 21.3. The first kappa shape index (κ1) is 47.9. The van der Waals surface area contributed by atoms with Crippen molar-refractivity contribution in [3.8, 4) is 0 Å². The second-order valence-electron chi connectivity index (χ2n) is 15.7. The number of fused-ring (bicyclic) bond motifs is 3. The van der Waals surface area contributed by atoms with Gasteiger partial charge in [0.25, 0.3) is 0 Å². The zero-order valence-corrected chi connectivity index (χ0v) is 35.1. The van der Waals surface area contributed by atoms with Gasteiger partial charge in [-0.2, -0.15) is 0 Å². The van der Waals surface area contributed by atoms with Gasteiger partial charge in [0.15, 0.2) is 30.9 Å². The Bertz CT molecular complexity index is 1520. The lowest BCUT2D eigenvalue weighted by Crippen LogP contribution is -2.66. The average Bonchev–Trinajstić information content (AvgIpc) is 3.21. The van der Waals surface area contributed by atoms with Crippen molar-refractivity contribution in [2.45, 2.75) is 186 Å². The fourth-order valence-corrected chi connectivity index (χ4v) is 7.25. The summed E-state index contributed by atoms with van der Waals surface area (Å²) in [7, 11) is 0. The van der Waals surface area contributed by atoms with Gasteiger partial charge in [-0.15, -0.1) is 0 Å². The number of benzene rings is 1. The molecule has 15 nitrogen and oxygen atoms in total. The number of carbonyl (C=O) groups excluding carboxylic acids is 5. The Morgan fingerprint density at radius 3 is 2.29 bits per heavy atom. The van der Waals surface area contributed by atoms with Crippen LogP contribution in [0.15, 0.2) is 36.4 Å². The van der Waals surface area contributed by atoms with Gasteiger partial charge in [0.05, 0.1) is 24.5 Å². The molecular weight excluding hydrogens is 768 g/mol. The van der Waals surface area contributed by atoms with Crippen molar-refractivity contribution in [3.05, 3.63) is 42.0 Å². The largest absolute Gasteiger partial charge is 0.463 e. The summed E-state index contributed by atoms with van der Waals surface area (Å²) in [6.07, 6.45) is -4.28. The quantitative estimate of drug-likeness (QED) is 0.126. The molecule has 3 heterocycles. The van der Waals surface area contributed by atoms with Crippen molar-refractivity contribution >= 4 is 35.7 Å². The van der Waals surface area contributed by atoms with E-state index in [1.54, 1.807) is 45.0 Å². The second kappa shape index (κ2) is 24.5. The Hall–Kier alpha value is -3.73. The van der Waals surface area contributed by atoms with E-state index in [-0.39, 0.29) is 24.7 Å². The molecule has 0 radical (unpaired) electrons. The summed E-state index contributed by atoms with van der Waals surface area (Å²) < 4.78 is 48.2. The SMILES string of the molecule is CCCCC[C@H]1CCCCCCC(=O)CCC(=O)OC[C@H]2O[C@@H](O[C@H]3[C@H](O1)O[C@H](C)[C@H](OC(C)=O)[C@@H]3O)[C@H](O)[C@@H](OC(=O)C(C)CC)[C@@H]2OC(=O)/C=C/c1ccccc1. The van der Waals surface area contributed by atoms with Crippen molar-refractivity contribution in [3.63, 3.8) is 0 Å². The molecule has 4 rings (SSSR count). The van der Waals surface area contributed by atoms with Crippen LogP contribution in [0, 0.1) is 5.92 Å². The number of hydrogen-bond donors (Lipinski definition) is 2. The van der Waals surface area contributed by atoms with Gasteiger partial charge >= 0.3 is 23.9 Å². The minimum Gasteiger partial charge on any atom is -0.463 e. The Kier molecular flexibility index (Phi) is 19.9. The summed E-state index contributed by atoms with van der Waals surface area (Å²) >= 11 is 0. The summed E-state index contributed by atoms with van der Waals surface area (Å²) in [5.74, 6) is -3.68. The Balaban J connectivity index is 1.74. The molecule has 1 aromatic rings. The van der Waals surface area contributed by atoms with Crippen LogP contribution in [0.4, 0.5) is 0 Å². The van der Waals surface area contributed by atoms with Crippen LogP contribution in [0.2, 0.25) is 0 Å². The van der Waals surface area contributed by atoms with Crippen LogP contribution in [0.5, 0.6) is 0 Å². The molecule has 0 aromatic heterocycles. The number of aliphatic hydroxyl groups excluding tert-OH is 2. The highest BCUT2D eigenvalue weighted by atomic mass is 16.8. The lowest BCUT2D eigenvalue weighted by atomic mass is 9.96. The summed E-state index contributed by atoms with van der Waals surface area (Å²) in [5.41, 5.74) is 0.697. The molecule has 0 amide bonds. The lowest BCUT2D eigenvalue weighted by Gasteiger charge is -2.47. The molecule has 1 unspecified atom stereocenters. The van der Waals surface area contributed by atoms with Gasteiger partial charge in [0, 0.05) is 25.8 Å². The molecule has 3 fully saturated rings. The summed E-state index contributed by atoms with van der Waals surface area (Å²) in [6, 6.07) is 8.95. The molecule has 2 bridgehead atoms. The standard InChI is InChI=1S/C44H64O15/c1-6-8-12-20-32-21-16-10-9-15-19-31(46)23-25-34(47)52-26-33-39(57-35(48)24-22-30-17-13-11-14-18-30)40(58-42(51)27(3)7-2)37(50)43(56-33)59-41-36(49)38(54-29(5)45)28(4)53-44(41)55-32/h11,13-14,17-18,22,24,27-28,32-33,36-41,43-44,49-50H,6-10,12,15-16,19-21,23,25-26H2,1-5H3/b24-22+/t27?,28-,32+,33-,36+,37-,38+,39-,40-,41-,43+,44+/m1/s1. The number of cyclic esters (lactones) is 1. The maximum atomic E-state index is 13.4. The first-order valence-corrected chi connectivity index (χ1v) is 21.3. The van der Waals surface area contributed by atoms with E-state index in [4.69, 9.17) is 37.9 Å². The molecule has 12 atom stereocenters. The number of aliphatic hydroxyl groups is 2. The van der Waals surface area contributed by atoms with Crippen molar-refractivity contribution < 1.29 is 72.1 Å². The number of carbonyl (C=O) groups is 5. The maximum absolute atomic E-state index is 13.4. The topological polar surface area (TPSA) is 200 Å². The van der Waals surface area contributed by atoms with Crippen molar-refractivity contribution in [1.82, 2.24) is 0 Å². The lowest BCUT2D eigenvalue weighted by molar-refractivity contribution is -0.369. The minimum absolute atomic E-state index is 0.0249. The molecular formula is C44H64O15. The van der Waals surface area contributed by atoms with E-state index in [1.807, 2.05) is 6.07 Å². The third-order valence-electron chi connectivity index (χ3n) is 10.9. The highest BCUT2D eigenvalue weighted by molar-refractivity contribution is 5.87. The fraction of sp³-hybridized carbons (Fsp3) is 0.705.